The molecule has 5 rings (SSSR count). The van der Waals surface area contributed by atoms with Gasteiger partial charge in [0.1, 0.15) is 0 Å². The first-order valence-corrected chi connectivity index (χ1v) is 10.3. The maximum Gasteiger partial charge on any atom is 0.231 e. The maximum absolute atomic E-state index is 6.11. The monoisotopic (exact) mass is 399 g/mol. The quantitative estimate of drug-likeness (QED) is 0.722. The summed E-state index contributed by atoms with van der Waals surface area (Å²) in [7, 11) is 0. The molecule has 2 aromatic rings. The summed E-state index contributed by atoms with van der Waals surface area (Å²) >= 11 is 7.87. The Hall–Kier alpha value is -2.18. The van der Waals surface area contributed by atoms with E-state index in [1.54, 1.807) is 11.8 Å². The molecule has 5 nitrogen and oxygen atoms in total. The van der Waals surface area contributed by atoms with E-state index in [0.717, 1.165) is 52.2 Å². The lowest BCUT2D eigenvalue weighted by molar-refractivity contribution is 0.174. The van der Waals surface area contributed by atoms with Crippen LogP contribution in [0.15, 0.2) is 46.5 Å². The van der Waals surface area contributed by atoms with E-state index in [4.69, 9.17) is 26.2 Å². The van der Waals surface area contributed by atoms with Gasteiger partial charge in [0.05, 0.1) is 18.3 Å². The lowest BCUT2D eigenvalue weighted by Gasteiger charge is -2.24. The van der Waals surface area contributed by atoms with E-state index >= 15 is 0 Å². The predicted octanol–water partition coefficient (Wildman–Crippen LogP) is 4.17. The van der Waals surface area contributed by atoms with Gasteiger partial charge in [-0.25, -0.2) is 5.01 Å². The van der Waals surface area contributed by atoms with Crippen molar-refractivity contribution in [3.8, 4) is 11.5 Å². The van der Waals surface area contributed by atoms with Crippen molar-refractivity contribution in [3.63, 3.8) is 0 Å². The molecule has 0 radical (unpaired) electrons. The van der Waals surface area contributed by atoms with Gasteiger partial charge in [-0.15, -0.1) is 0 Å². The second-order valence-corrected chi connectivity index (χ2v) is 8.23. The molecule has 138 valence electrons. The molecule has 3 aliphatic heterocycles. The topological polar surface area (TPSA) is 46.4 Å². The van der Waals surface area contributed by atoms with Gasteiger partial charge >= 0.3 is 0 Å². The third kappa shape index (κ3) is 3.07. The Morgan fingerprint density at radius 1 is 1.15 bits per heavy atom. The minimum Gasteiger partial charge on any atom is -0.454 e. The normalized spacial score (nSPS) is 20.8. The number of amidine groups is 1. The Balaban J connectivity index is 1.69. The summed E-state index contributed by atoms with van der Waals surface area (Å²) in [6.07, 6.45) is 0.853. The molecule has 0 saturated heterocycles. The summed E-state index contributed by atoms with van der Waals surface area (Å²) in [6, 6.07) is 12.1. The van der Waals surface area contributed by atoms with E-state index in [-0.39, 0.29) is 12.8 Å². The zero-order chi connectivity index (χ0) is 18.4. The van der Waals surface area contributed by atoms with Crippen molar-refractivity contribution in [3.05, 3.63) is 58.1 Å². The first kappa shape index (κ1) is 17.0. The second kappa shape index (κ2) is 6.77. The number of hydrogen-bond donors (Lipinski definition) is 0. The molecule has 0 N–H and O–H groups in total. The van der Waals surface area contributed by atoms with Crippen molar-refractivity contribution >= 4 is 34.2 Å². The zero-order valence-corrected chi connectivity index (χ0v) is 16.4. The highest BCUT2D eigenvalue weighted by Gasteiger charge is 2.29. The molecule has 1 unspecified atom stereocenters. The molecule has 0 bridgehead atoms. The van der Waals surface area contributed by atoms with Gasteiger partial charge in [-0.3, -0.25) is 4.99 Å². The van der Waals surface area contributed by atoms with Crippen LogP contribution in [0.1, 0.15) is 23.6 Å². The summed E-state index contributed by atoms with van der Waals surface area (Å²) in [6.45, 7) is 3.29. The number of nitrogens with zero attached hydrogens (tertiary/aromatic N) is 3. The molecule has 1 atom stereocenters. The third-order valence-corrected chi connectivity index (χ3v) is 6.09. The fourth-order valence-electron chi connectivity index (χ4n) is 3.55. The third-order valence-electron chi connectivity index (χ3n) is 4.88. The number of benzene rings is 2. The molecular weight excluding hydrogens is 382 g/mol. The van der Waals surface area contributed by atoms with Crippen molar-refractivity contribution in [1.82, 2.24) is 5.01 Å². The minimum absolute atomic E-state index is 0.193. The van der Waals surface area contributed by atoms with Crippen LogP contribution in [0, 0.1) is 0 Å². The van der Waals surface area contributed by atoms with Gasteiger partial charge in [-0.05, 0) is 43.2 Å². The van der Waals surface area contributed by atoms with Gasteiger partial charge in [0.2, 0.25) is 6.79 Å². The van der Waals surface area contributed by atoms with Crippen LogP contribution in [0.5, 0.6) is 11.5 Å². The molecule has 0 aromatic heterocycles. The van der Waals surface area contributed by atoms with Crippen LogP contribution in [0.25, 0.3) is 0 Å². The number of hydrazone groups is 1. The Morgan fingerprint density at radius 2 is 1.93 bits per heavy atom. The average Bonchev–Trinajstić information content (AvgIpc) is 3.32. The largest absolute Gasteiger partial charge is 0.454 e. The standard InChI is InChI=1S/C20H18ClN3O2S/c1-12-8-14-9-17-18(26-11-25-17)10-16(14)19(13-2-4-15(21)5-3-13)23-24(12)20-22-6-7-27-20/h2-5,9-10,12H,6-8,11H2,1H3. The highest BCUT2D eigenvalue weighted by Crippen LogP contribution is 2.38. The molecule has 27 heavy (non-hydrogen) atoms. The Labute approximate surface area is 167 Å². The average molecular weight is 400 g/mol. The molecule has 0 fully saturated rings. The summed E-state index contributed by atoms with van der Waals surface area (Å²) in [5.41, 5.74) is 4.19. The summed E-state index contributed by atoms with van der Waals surface area (Å²) in [5.74, 6) is 2.58. The number of hydrogen-bond acceptors (Lipinski definition) is 6. The van der Waals surface area contributed by atoms with Crippen molar-refractivity contribution in [2.45, 2.75) is 19.4 Å². The Bertz CT molecular complexity index is 958. The van der Waals surface area contributed by atoms with E-state index in [1.165, 1.54) is 5.56 Å². The number of thioether (sulfide) groups is 1. The van der Waals surface area contributed by atoms with E-state index in [0.29, 0.717) is 5.02 Å². The van der Waals surface area contributed by atoms with Crippen molar-refractivity contribution < 1.29 is 9.47 Å². The highest BCUT2D eigenvalue weighted by atomic mass is 35.5. The first-order chi connectivity index (χ1) is 13.2. The Kier molecular flexibility index (Phi) is 4.25. The fraction of sp³-hybridized carbons (Fsp3) is 0.300. The number of aliphatic imine (C=N–C) groups is 1. The molecule has 0 saturated carbocycles. The Morgan fingerprint density at radius 3 is 2.67 bits per heavy atom. The molecule has 7 heteroatoms. The van der Waals surface area contributed by atoms with Crippen LogP contribution in [0.2, 0.25) is 5.02 Å². The van der Waals surface area contributed by atoms with Crippen LogP contribution >= 0.6 is 23.4 Å². The van der Waals surface area contributed by atoms with Gasteiger partial charge in [-0.2, -0.15) is 5.10 Å². The van der Waals surface area contributed by atoms with Crippen LogP contribution in [0.4, 0.5) is 0 Å². The summed E-state index contributed by atoms with van der Waals surface area (Å²) < 4.78 is 11.2. The van der Waals surface area contributed by atoms with Crippen molar-refractivity contribution in [1.29, 1.82) is 0 Å². The van der Waals surface area contributed by atoms with Crippen LogP contribution in [-0.4, -0.2) is 41.0 Å². The number of halogens is 1. The van der Waals surface area contributed by atoms with Gasteiger partial charge in [-0.1, -0.05) is 35.5 Å². The lowest BCUT2D eigenvalue weighted by Crippen LogP contribution is -2.33. The SMILES string of the molecule is CC1Cc2cc3c(cc2C(c2ccc(Cl)cc2)=NN1C1=NCCS1)OCO3. The van der Waals surface area contributed by atoms with Gasteiger partial charge in [0.25, 0.3) is 0 Å². The molecule has 2 aromatic carbocycles. The number of fused-ring (bicyclic) bond motifs is 2. The number of ether oxygens (including phenoxy) is 2. The van der Waals surface area contributed by atoms with Crippen molar-refractivity contribution in [2.75, 3.05) is 19.1 Å². The van der Waals surface area contributed by atoms with E-state index in [9.17, 15) is 0 Å². The van der Waals surface area contributed by atoms with Crippen LogP contribution in [0.3, 0.4) is 0 Å². The van der Waals surface area contributed by atoms with E-state index in [1.807, 2.05) is 30.3 Å². The molecule has 3 heterocycles. The van der Waals surface area contributed by atoms with Gasteiger partial charge < -0.3 is 9.47 Å². The number of rotatable bonds is 1. The maximum atomic E-state index is 6.11. The molecule has 0 spiro atoms. The molecule has 0 aliphatic carbocycles. The summed E-state index contributed by atoms with van der Waals surface area (Å²) in [5, 5.41) is 8.82. The predicted molar refractivity (Wildman–Crippen MR) is 109 cm³/mol. The van der Waals surface area contributed by atoms with E-state index < -0.39 is 0 Å². The highest BCUT2D eigenvalue weighted by molar-refractivity contribution is 8.14. The van der Waals surface area contributed by atoms with E-state index in [2.05, 4.69) is 23.0 Å². The second-order valence-electron chi connectivity index (χ2n) is 6.73. The van der Waals surface area contributed by atoms with Crippen molar-refractivity contribution in [2.24, 2.45) is 10.1 Å². The molecule has 3 aliphatic rings. The molecular formula is C20H18ClN3O2S. The molecule has 0 amide bonds. The lowest BCUT2D eigenvalue weighted by atomic mass is 9.94. The smallest absolute Gasteiger partial charge is 0.231 e. The fourth-order valence-corrected chi connectivity index (χ4v) is 4.58. The minimum atomic E-state index is 0.193. The summed E-state index contributed by atoms with van der Waals surface area (Å²) in [4.78, 5) is 4.65. The van der Waals surface area contributed by atoms with Gasteiger partial charge in [0, 0.05) is 21.9 Å². The zero-order valence-electron chi connectivity index (χ0n) is 14.8. The van der Waals surface area contributed by atoms with Crippen LogP contribution in [-0.2, 0) is 6.42 Å². The van der Waals surface area contributed by atoms with Crippen LogP contribution < -0.4 is 9.47 Å². The first-order valence-electron chi connectivity index (χ1n) is 8.93. The van der Waals surface area contributed by atoms with Gasteiger partial charge in [0.15, 0.2) is 16.7 Å².